The van der Waals surface area contributed by atoms with Crippen molar-refractivity contribution in [2.75, 3.05) is 32.2 Å². The van der Waals surface area contributed by atoms with Gasteiger partial charge in [0.15, 0.2) is 0 Å². The topological polar surface area (TPSA) is 78.7 Å². The van der Waals surface area contributed by atoms with Crippen molar-refractivity contribution in [1.82, 2.24) is 9.88 Å². The van der Waals surface area contributed by atoms with E-state index in [0.717, 1.165) is 57.7 Å². The molecule has 1 aromatic heterocycles. The van der Waals surface area contributed by atoms with Crippen molar-refractivity contribution in [3.8, 4) is 34.1 Å². The van der Waals surface area contributed by atoms with E-state index in [-0.39, 0.29) is 18.2 Å². The Bertz CT molecular complexity index is 1500. The van der Waals surface area contributed by atoms with Crippen molar-refractivity contribution >= 4 is 22.7 Å². The molecule has 7 nitrogen and oxygen atoms in total. The predicted octanol–water partition coefficient (Wildman–Crippen LogP) is 6.11. The maximum absolute atomic E-state index is 12.2. The van der Waals surface area contributed by atoms with E-state index in [4.69, 9.17) is 19.7 Å². The van der Waals surface area contributed by atoms with E-state index in [1.54, 1.807) is 7.11 Å². The lowest BCUT2D eigenvalue weighted by atomic mass is 9.98. The Morgan fingerprint density at radius 2 is 1.55 bits per heavy atom. The summed E-state index contributed by atoms with van der Waals surface area (Å²) in [6, 6.07) is 24.2. The Labute approximate surface area is 222 Å². The van der Waals surface area contributed by atoms with Gasteiger partial charge in [-0.25, -0.2) is 4.79 Å². The molecule has 0 radical (unpaired) electrons. The number of para-hydroxylation sites is 1. The Kier molecular flexibility index (Phi) is 6.89. The molecule has 192 valence electrons. The fourth-order valence-corrected chi connectivity index (χ4v) is 5.43. The monoisotopic (exact) mass is 506 g/mol. The van der Waals surface area contributed by atoms with Crippen LogP contribution in [0, 0.1) is 11.3 Å². The number of nitriles is 1. The molecule has 2 heterocycles. The van der Waals surface area contributed by atoms with Gasteiger partial charge in [0, 0.05) is 41.5 Å². The molecule has 0 bridgehead atoms. The van der Waals surface area contributed by atoms with Crippen LogP contribution in [0.15, 0.2) is 72.9 Å². The summed E-state index contributed by atoms with van der Waals surface area (Å²) < 4.78 is 10.9. The molecule has 3 aromatic carbocycles. The van der Waals surface area contributed by atoms with Crippen LogP contribution in [0.2, 0.25) is 0 Å². The van der Waals surface area contributed by atoms with Crippen molar-refractivity contribution in [3.63, 3.8) is 0 Å². The van der Waals surface area contributed by atoms with Gasteiger partial charge in [-0.2, -0.15) is 5.26 Å². The number of methoxy groups -OCH3 is 2. The molecule has 0 saturated carbocycles. The van der Waals surface area contributed by atoms with E-state index in [0.29, 0.717) is 5.56 Å². The maximum Gasteiger partial charge on any atom is 0.410 e. The molecule has 0 spiro atoms. The molecule has 2 unspecified atom stereocenters. The van der Waals surface area contributed by atoms with Crippen LogP contribution < -0.4 is 9.64 Å². The number of fused-ring (bicyclic) bond motifs is 1. The molecule has 1 aliphatic heterocycles. The molecule has 4 aromatic rings. The molecule has 5 rings (SSSR count). The fourth-order valence-electron chi connectivity index (χ4n) is 5.43. The molecular formula is C31H30N4O3. The summed E-state index contributed by atoms with van der Waals surface area (Å²) in [5, 5.41) is 10.1. The highest BCUT2D eigenvalue weighted by molar-refractivity contribution is 6.00. The Morgan fingerprint density at radius 3 is 2.16 bits per heavy atom. The summed E-state index contributed by atoms with van der Waals surface area (Å²) >= 11 is 0. The number of carbonyl (C=O) groups is 1. The number of carbonyl (C=O) groups excluding carboxylic acids is 1. The number of pyridine rings is 1. The average molecular weight is 507 g/mol. The van der Waals surface area contributed by atoms with Crippen molar-refractivity contribution in [3.05, 3.63) is 78.5 Å². The third kappa shape index (κ3) is 4.50. The number of ether oxygens (including phenoxy) is 2. The van der Waals surface area contributed by atoms with E-state index in [1.807, 2.05) is 67.4 Å². The molecule has 2 atom stereocenters. The number of piperazine rings is 1. The Balaban J connectivity index is 1.45. The molecule has 1 fully saturated rings. The summed E-state index contributed by atoms with van der Waals surface area (Å²) in [4.78, 5) is 21.1. The highest BCUT2D eigenvalue weighted by Gasteiger charge is 2.33. The van der Waals surface area contributed by atoms with Crippen LogP contribution in [0.5, 0.6) is 5.75 Å². The van der Waals surface area contributed by atoms with Crippen LogP contribution >= 0.6 is 0 Å². The molecule has 1 aliphatic rings. The quantitative estimate of drug-likeness (QED) is 0.332. The minimum Gasteiger partial charge on any atom is -0.495 e. The number of nitrogens with zero attached hydrogens (tertiary/aromatic N) is 4. The van der Waals surface area contributed by atoms with Crippen LogP contribution in [-0.4, -0.2) is 55.4 Å². The second-order valence-corrected chi connectivity index (χ2v) is 9.62. The lowest BCUT2D eigenvalue weighted by molar-refractivity contribution is 0.0820. The normalized spacial score (nSPS) is 17.2. The summed E-state index contributed by atoms with van der Waals surface area (Å²) in [5.74, 6) is 0.771. The van der Waals surface area contributed by atoms with Gasteiger partial charge in [0.1, 0.15) is 5.75 Å². The minimum atomic E-state index is -0.279. The van der Waals surface area contributed by atoms with Gasteiger partial charge >= 0.3 is 6.09 Å². The number of anilines is 1. The zero-order valence-corrected chi connectivity index (χ0v) is 22.0. The third-order valence-electron chi connectivity index (χ3n) is 7.23. The van der Waals surface area contributed by atoms with Gasteiger partial charge in [0.25, 0.3) is 0 Å². The van der Waals surface area contributed by atoms with Gasteiger partial charge in [-0.15, -0.1) is 0 Å². The van der Waals surface area contributed by atoms with Crippen LogP contribution in [0.3, 0.4) is 0 Å². The standard InChI is InChI=1S/C31H30N4O3/c1-20-18-34(19-21(2)35(20)31(36)38-4)25-14-12-24(13-15-25)28-17-33-29-26(6-5-7-27(29)30(28)37-3)23-10-8-22(16-32)9-11-23/h5-15,17,20-21H,18-19H2,1-4H3. The van der Waals surface area contributed by atoms with Crippen LogP contribution in [-0.2, 0) is 4.74 Å². The van der Waals surface area contributed by atoms with Gasteiger partial charge in [0.05, 0.1) is 43.5 Å². The molecule has 1 amide bonds. The SMILES string of the molecule is COC(=O)N1C(C)CN(c2ccc(-c3cnc4c(-c5ccc(C#N)cc5)cccc4c3OC)cc2)CC1C. The Hall–Kier alpha value is -4.57. The van der Waals surface area contributed by atoms with Crippen molar-refractivity contribution < 1.29 is 14.3 Å². The van der Waals surface area contributed by atoms with Crippen molar-refractivity contribution in [2.24, 2.45) is 0 Å². The number of aromatic nitrogens is 1. The second kappa shape index (κ2) is 10.4. The number of benzene rings is 3. The second-order valence-electron chi connectivity index (χ2n) is 9.62. The van der Waals surface area contributed by atoms with Crippen LogP contribution in [0.25, 0.3) is 33.2 Å². The van der Waals surface area contributed by atoms with Crippen LogP contribution in [0.4, 0.5) is 10.5 Å². The van der Waals surface area contributed by atoms with Crippen molar-refractivity contribution in [1.29, 1.82) is 5.26 Å². The highest BCUT2D eigenvalue weighted by Crippen LogP contribution is 2.39. The number of hydrogen-bond acceptors (Lipinski definition) is 6. The van der Waals surface area contributed by atoms with Crippen LogP contribution in [0.1, 0.15) is 19.4 Å². The molecule has 0 N–H and O–H groups in total. The summed E-state index contributed by atoms with van der Waals surface area (Å²) in [7, 11) is 3.11. The smallest absolute Gasteiger partial charge is 0.410 e. The predicted molar refractivity (Wildman–Crippen MR) is 149 cm³/mol. The largest absolute Gasteiger partial charge is 0.495 e. The maximum atomic E-state index is 12.2. The average Bonchev–Trinajstić information content (AvgIpc) is 2.95. The summed E-state index contributed by atoms with van der Waals surface area (Å²) in [5.41, 5.74) is 6.49. The third-order valence-corrected chi connectivity index (χ3v) is 7.23. The molecule has 38 heavy (non-hydrogen) atoms. The van der Waals surface area contributed by atoms with Crippen molar-refractivity contribution in [2.45, 2.75) is 25.9 Å². The van der Waals surface area contributed by atoms with Gasteiger partial charge in [-0.05, 0) is 55.3 Å². The molecular weight excluding hydrogens is 476 g/mol. The number of amides is 1. The van der Waals surface area contributed by atoms with E-state index in [2.05, 4.69) is 35.2 Å². The van der Waals surface area contributed by atoms with E-state index in [1.165, 1.54) is 7.11 Å². The highest BCUT2D eigenvalue weighted by atomic mass is 16.5. The fraction of sp³-hybridized carbons (Fsp3) is 0.258. The number of hydrogen-bond donors (Lipinski definition) is 0. The summed E-state index contributed by atoms with van der Waals surface area (Å²) in [6.07, 6.45) is 1.58. The van der Waals surface area contributed by atoms with Gasteiger partial charge in [-0.3, -0.25) is 9.88 Å². The first-order valence-electron chi connectivity index (χ1n) is 12.6. The lowest BCUT2D eigenvalue weighted by Gasteiger charge is -2.44. The zero-order valence-electron chi connectivity index (χ0n) is 22.0. The van der Waals surface area contributed by atoms with Gasteiger partial charge in [-0.1, -0.05) is 36.4 Å². The van der Waals surface area contributed by atoms with E-state index < -0.39 is 0 Å². The summed E-state index contributed by atoms with van der Waals surface area (Å²) in [6.45, 7) is 5.56. The zero-order chi connectivity index (χ0) is 26.8. The molecule has 1 saturated heterocycles. The first-order chi connectivity index (χ1) is 18.4. The first-order valence-corrected chi connectivity index (χ1v) is 12.6. The van der Waals surface area contributed by atoms with Gasteiger partial charge < -0.3 is 14.4 Å². The van der Waals surface area contributed by atoms with E-state index in [9.17, 15) is 4.79 Å². The molecule has 7 heteroatoms. The number of rotatable bonds is 4. The molecule has 0 aliphatic carbocycles. The lowest BCUT2D eigenvalue weighted by Crippen LogP contribution is -2.58. The minimum absolute atomic E-state index is 0.0426. The van der Waals surface area contributed by atoms with Gasteiger partial charge in [0.2, 0.25) is 0 Å². The van der Waals surface area contributed by atoms with E-state index >= 15 is 0 Å². The Morgan fingerprint density at radius 1 is 0.921 bits per heavy atom. The first kappa shape index (κ1) is 25.1.